The third-order valence-electron chi connectivity index (χ3n) is 1.99. The summed E-state index contributed by atoms with van der Waals surface area (Å²) in [4.78, 5) is 0. The van der Waals surface area contributed by atoms with Crippen LogP contribution in [0.1, 0.15) is 27.7 Å². The largest absolute Gasteiger partial charge is 0.748 e. The molecular formula is C10H22O4Si. The van der Waals surface area contributed by atoms with Crippen molar-refractivity contribution in [2.45, 2.75) is 27.7 Å². The van der Waals surface area contributed by atoms with Crippen molar-refractivity contribution in [2.24, 2.45) is 5.41 Å². The van der Waals surface area contributed by atoms with Crippen molar-refractivity contribution in [3.8, 4) is 0 Å². The first-order valence-corrected chi connectivity index (χ1v) is 6.49. The zero-order valence-electron chi connectivity index (χ0n) is 10.7. The van der Waals surface area contributed by atoms with E-state index in [-0.39, 0.29) is 5.41 Å². The topological polar surface area (TPSA) is 36.9 Å². The molecule has 0 aromatic rings. The van der Waals surface area contributed by atoms with Crippen molar-refractivity contribution in [1.29, 1.82) is 0 Å². The summed E-state index contributed by atoms with van der Waals surface area (Å²) in [6.07, 6.45) is 1.90. The summed E-state index contributed by atoms with van der Waals surface area (Å²) < 4.78 is 21.3. The molecule has 4 nitrogen and oxygen atoms in total. The predicted octanol–water partition coefficient (Wildman–Crippen LogP) is 2.33. The van der Waals surface area contributed by atoms with Crippen LogP contribution in [0.4, 0.5) is 0 Å². The van der Waals surface area contributed by atoms with Gasteiger partial charge in [-0.15, -0.1) is 0 Å². The Bertz CT molecular complexity index is 208. The highest BCUT2D eigenvalue weighted by atomic mass is 28.4. The number of rotatable bonds is 5. The molecule has 0 amide bonds. The molecule has 90 valence electrons. The van der Waals surface area contributed by atoms with E-state index in [4.69, 9.17) is 17.7 Å². The molecule has 0 heterocycles. The smallest absolute Gasteiger partial charge is 0.484 e. The van der Waals surface area contributed by atoms with Gasteiger partial charge in [0.25, 0.3) is 0 Å². The van der Waals surface area contributed by atoms with E-state index in [2.05, 4.69) is 20.8 Å². The molecule has 0 aromatic heterocycles. The summed E-state index contributed by atoms with van der Waals surface area (Å²) in [5.41, 5.74) is -0.0947. The van der Waals surface area contributed by atoms with E-state index in [0.29, 0.717) is 0 Å². The van der Waals surface area contributed by atoms with Crippen LogP contribution in [-0.4, -0.2) is 30.4 Å². The van der Waals surface area contributed by atoms with Crippen molar-refractivity contribution in [1.82, 2.24) is 0 Å². The lowest BCUT2D eigenvalue weighted by molar-refractivity contribution is 0.0158. The fourth-order valence-corrected chi connectivity index (χ4v) is 2.60. The minimum atomic E-state index is -2.98. The van der Waals surface area contributed by atoms with Crippen LogP contribution < -0.4 is 0 Å². The van der Waals surface area contributed by atoms with Gasteiger partial charge in [0.05, 0.1) is 5.76 Å². The van der Waals surface area contributed by atoms with E-state index in [1.54, 1.807) is 0 Å². The first-order valence-electron chi connectivity index (χ1n) is 4.86. The van der Waals surface area contributed by atoms with Gasteiger partial charge in [-0.25, -0.2) is 0 Å². The van der Waals surface area contributed by atoms with Gasteiger partial charge in [0.1, 0.15) is 0 Å². The molecule has 0 aliphatic rings. The second kappa shape index (κ2) is 5.65. The summed E-state index contributed by atoms with van der Waals surface area (Å²) >= 11 is 0. The number of hydrogen-bond acceptors (Lipinski definition) is 4. The summed E-state index contributed by atoms with van der Waals surface area (Å²) in [5.74, 6) is 0.805. The summed E-state index contributed by atoms with van der Waals surface area (Å²) in [5, 5.41) is 0. The molecule has 0 N–H and O–H groups in total. The van der Waals surface area contributed by atoms with Gasteiger partial charge < -0.3 is 17.7 Å². The van der Waals surface area contributed by atoms with Gasteiger partial charge in [0.2, 0.25) is 0 Å². The summed E-state index contributed by atoms with van der Waals surface area (Å²) in [6.45, 7) is 8.09. The van der Waals surface area contributed by atoms with Crippen LogP contribution in [0.2, 0.25) is 0 Å². The average molecular weight is 234 g/mol. The third-order valence-corrected chi connectivity index (χ3v) is 3.96. The summed E-state index contributed by atoms with van der Waals surface area (Å²) in [7, 11) is 1.59. The average Bonchev–Trinajstić information content (AvgIpc) is 2.19. The second-order valence-electron chi connectivity index (χ2n) is 4.12. The van der Waals surface area contributed by atoms with Gasteiger partial charge in [0.15, 0.2) is 0 Å². The summed E-state index contributed by atoms with van der Waals surface area (Å²) in [6, 6.07) is 0. The van der Waals surface area contributed by atoms with E-state index in [9.17, 15) is 0 Å². The monoisotopic (exact) mass is 234 g/mol. The minimum Gasteiger partial charge on any atom is -0.484 e. The molecule has 0 aromatic carbocycles. The second-order valence-corrected chi connectivity index (χ2v) is 6.55. The molecule has 0 unspecified atom stereocenters. The minimum absolute atomic E-state index is 0.0947. The fraction of sp³-hybridized carbons (Fsp3) is 0.800. The Morgan fingerprint density at radius 3 is 1.60 bits per heavy atom. The van der Waals surface area contributed by atoms with E-state index in [1.165, 1.54) is 21.3 Å². The normalized spacial score (nSPS) is 14.2. The number of hydrogen-bond donors (Lipinski definition) is 0. The molecule has 0 bridgehead atoms. The van der Waals surface area contributed by atoms with Crippen molar-refractivity contribution in [3.63, 3.8) is 0 Å². The van der Waals surface area contributed by atoms with Gasteiger partial charge >= 0.3 is 9.05 Å². The molecule has 0 saturated carbocycles. The zero-order valence-corrected chi connectivity index (χ0v) is 11.7. The van der Waals surface area contributed by atoms with Crippen molar-refractivity contribution in [2.75, 3.05) is 21.3 Å². The molecule has 0 aliphatic heterocycles. The zero-order chi connectivity index (χ0) is 12.1. The van der Waals surface area contributed by atoms with Crippen LogP contribution in [0, 0.1) is 5.41 Å². The molecule has 0 saturated heterocycles. The SMILES string of the molecule is C/C=C(\O[Si](OC)(OC)OC)C(C)(C)C. The molecule has 0 spiro atoms. The van der Waals surface area contributed by atoms with Crippen LogP contribution in [0.25, 0.3) is 0 Å². The molecule has 0 aliphatic carbocycles. The highest BCUT2D eigenvalue weighted by Gasteiger charge is 2.46. The molecule has 0 radical (unpaired) electrons. The molecular weight excluding hydrogens is 212 g/mol. The lowest BCUT2D eigenvalue weighted by Crippen LogP contribution is -2.47. The first-order chi connectivity index (χ1) is 6.85. The fourth-order valence-electron chi connectivity index (χ4n) is 1.15. The van der Waals surface area contributed by atoms with Crippen LogP contribution in [-0.2, 0) is 17.7 Å². The number of allylic oxidation sites excluding steroid dienone is 2. The quantitative estimate of drug-likeness (QED) is 0.540. The van der Waals surface area contributed by atoms with Crippen LogP contribution in [0.3, 0.4) is 0 Å². The maximum atomic E-state index is 5.73. The van der Waals surface area contributed by atoms with E-state index in [0.717, 1.165) is 5.76 Å². The Kier molecular flexibility index (Phi) is 5.51. The van der Waals surface area contributed by atoms with Gasteiger partial charge in [-0.05, 0) is 6.92 Å². The van der Waals surface area contributed by atoms with Crippen LogP contribution in [0.5, 0.6) is 0 Å². The van der Waals surface area contributed by atoms with E-state index < -0.39 is 9.05 Å². The Hall–Kier alpha value is -0.363. The van der Waals surface area contributed by atoms with Gasteiger partial charge in [-0.2, -0.15) is 0 Å². The van der Waals surface area contributed by atoms with Crippen LogP contribution in [0.15, 0.2) is 11.8 Å². The van der Waals surface area contributed by atoms with Gasteiger partial charge in [0, 0.05) is 26.7 Å². The van der Waals surface area contributed by atoms with E-state index >= 15 is 0 Å². The van der Waals surface area contributed by atoms with Crippen molar-refractivity contribution >= 4 is 9.05 Å². The Labute approximate surface area is 93.7 Å². The maximum Gasteiger partial charge on any atom is 0.748 e. The lowest BCUT2D eigenvalue weighted by atomic mass is 9.94. The van der Waals surface area contributed by atoms with E-state index in [1.807, 2.05) is 13.0 Å². The van der Waals surface area contributed by atoms with Gasteiger partial charge in [-0.1, -0.05) is 26.8 Å². The first kappa shape index (κ1) is 14.6. The Morgan fingerprint density at radius 1 is 1.00 bits per heavy atom. The molecule has 0 rings (SSSR count). The van der Waals surface area contributed by atoms with Crippen molar-refractivity contribution < 1.29 is 17.7 Å². The highest BCUT2D eigenvalue weighted by molar-refractivity contribution is 6.53. The predicted molar refractivity (Wildman–Crippen MR) is 61.1 cm³/mol. The van der Waals surface area contributed by atoms with Crippen LogP contribution >= 0.6 is 0 Å². The molecule has 0 fully saturated rings. The maximum absolute atomic E-state index is 5.73. The highest BCUT2D eigenvalue weighted by Crippen LogP contribution is 2.29. The molecule has 0 atom stereocenters. The molecule has 5 heteroatoms. The molecule has 15 heavy (non-hydrogen) atoms. The van der Waals surface area contributed by atoms with Gasteiger partial charge in [-0.3, -0.25) is 0 Å². The van der Waals surface area contributed by atoms with Crippen molar-refractivity contribution in [3.05, 3.63) is 11.8 Å². The Morgan fingerprint density at radius 2 is 1.40 bits per heavy atom. The lowest BCUT2D eigenvalue weighted by Gasteiger charge is -2.30. The standard InChI is InChI=1S/C10H22O4Si/c1-8-9(10(2,3)4)14-15(11-5,12-6)13-7/h8H,1-7H3/b9-8-. The third kappa shape index (κ3) is 3.94. The Balaban J connectivity index is 4.81.